The van der Waals surface area contributed by atoms with Gasteiger partial charge in [0.25, 0.3) is 10.0 Å². The number of nitrogens with one attached hydrogen (secondary N) is 1. The quantitative estimate of drug-likeness (QED) is 0.853. The summed E-state index contributed by atoms with van der Waals surface area (Å²) in [4.78, 5) is 2.61. The summed E-state index contributed by atoms with van der Waals surface area (Å²) in [7, 11) is -3.58. The third-order valence-corrected chi connectivity index (χ3v) is 6.22. The van der Waals surface area contributed by atoms with E-state index in [4.69, 9.17) is 0 Å². The van der Waals surface area contributed by atoms with E-state index in [1.54, 1.807) is 24.3 Å². The van der Waals surface area contributed by atoms with Crippen LogP contribution in [0.1, 0.15) is 50.5 Å². The van der Waals surface area contributed by atoms with Crippen molar-refractivity contribution in [2.24, 2.45) is 10.5 Å². The minimum atomic E-state index is -3.58. The summed E-state index contributed by atoms with van der Waals surface area (Å²) in [6, 6.07) is 6.78. The highest BCUT2D eigenvalue weighted by Gasteiger charge is 2.31. The molecule has 1 fully saturated rings. The highest BCUT2D eigenvalue weighted by atomic mass is 32.2. The maximum atomic E-state index is 12.2. The van der Waals surface area contributed by atoms with Gasteiger partial charge in [0.1, 0.15) is 0 Å². The van der Waals surface area contributed by atoms with Gasteiger partial charge in [-0.25, -0.2) is 0 Å². The van der Waals surface area contributed by atoms with Gasteiger partial charge < -0.3 is 0 Å². The van der Waals surface area contributed by atoms with Crippen LogP contribution in [0.25, 0.3) is 0 Å². The van der Waals surface area contributed by atoms with Gasteiger partial charge in [-0.15, -0.1) is 0 Å². The summed E-state index contributed by atoms with van der Waals surface area (Å²) in [5, 5.41) is 4.12. The highest BCUT2D eigenvalue weighted by Crippen LogP contribution is 2.43. The Hall–Kier alpha value is -1.62. The molecule has 4 nitrogen and oxygen atoms in total. The molecule has 23 heavy (non-hydrogen) atoms. The molecule has 0 saturated heterocycles. The predicted octanol–water partition coefficient (Wildman–Crippen LogP) is 3.93. The number of hydrogen-bond donors (Lipinski definition) is 1. The molecule has 1 aromatic carbocycles. The van der Waals surface area contributed by atoms with E-state index in [0.29, 0.717) is 5.41 Å². The van der Waals surface area contributed by atoms with Crippen LogP contribution >= 0.6 is 0 Å². The molecule has 0 radical (unpaired) electrons. The molecule has 0 aliphatic heterocycles. The Labute approximate surface area is 138 Å². The van der Waals surface area contributed by atoms with Crippen LogP contribution in [0.3, 0.4) is 0 Å². The number of aryl methyl sites for hydroxylation is 1. The summed E-state index contributed by atoms with van der Waals surface area (Å²) >= 11 is 0. The number of rotatable bonds is 3. The first kappa shape index (κ1) is 16.2. The third-order valence-electron chi connectivity index (χ3n) is 5.00. The van der Waals surface area contributed by atoms with Crippen molar-refractivity contribution in [2.75, 3.05) is 0 Å². The number of nitrogens with zero attached hydrogens (tertiary/aromatic N) is 1. The molecule has 2 aliphatic carbocycles. The topological polar surface area (TPSA) is 58.5 Å². The molecule has 0 atom stereocenters. The molecule has 0 unspecified atom stereocenters. The predicted molar refractivity (Wildman–Crippen MR) is 92.8 cm³/mol. The average molecular weight is 332 g/mol. The first-order valence-electron chi connectivity index (χ1n) is 8.34. The van der Waals surface area contributed by atoms with Gasteiger partial charge in [-0.1, -0.05) is 43.0 Å². The van der Waals surface area contributed by atoms with Crippen LogP contribution in [0.15, 0.2) is 46.4 Å². The molecule has 5 heteroatoms. The van der Waals surface area contributed by atoms with Gasteiger partial charge in [-0.3, -0.25) is 0 Å². The van der Waals surface area contributed by atoms with Crippen LogP contribution in [-0.2, 0) is 10.0 Å². The lowest BCUT2D eigenvalue weighted by Crippen LogP contribution is -2.27. The molecular formula is C18H24N2O2S. The molecule has 0 amide bonds. The second kappa shape index (κ2) is 6.48. The molecular weight excluding hydrogens is 308 g/mol. The average Bonchev–Trinajstić information content (AvgIpc) is 2.56. The largest absolute Gasteiger partial charge is 0.276 e. The number of benzene rings is 1. The second-order valence-corrected chi connectivity index (χ2v) is 8.43. The molecule has 2 aliphatic rings. The van der Waals surface area contributed by atoms with Crippen LogP contribution in [-0.4, -0.2) is 14.1 Å². The first-order chi connectivity index (χ1) is 11.0. The van der Waals surface area contributed by atoms with Crippen molar-refractivity contribution in [2.45, 2.75) is 56.8 Å². The van der Waals surface area contributed by atoms with Crippen molar-refractivity contribution in [1.29, 1.82) is 0 Å². The van der Waals surface area contributed by atoms with Crippen molar-refractivity contribution in [3.05, 3.63) is 42.0 Å². The van der Waals surface area contributed by atoms with Crippen molar-refractivity contribution >= 4 is 15.7 Å². The van der Waals surface area contributed by atoms with Crippen LogP contribution in [0.2, 0.25) is 0 Å². The van der Waals surface area contributed by atoms with Gasteiger partial charge in [-0.05, 0) is 56.2 Å². The zero-order chi connectivity index (χ0) is 16.3. The highest BCUT2D eigenvalue weighted by molar-refractivity contribution is 7.89. The molecule has 0 bridgehead atoms. The SMILES string of the molecule is Cc1ccc(S(=O)(=O)N/N=C2\C=CC3(CCCCC3)CC2)cc1. The van der Waals surface area contributed by atoms with Gasteiger partial charge in [0.15, 0.2) is 0 Å². The Kier molecular flexibility index (Phi) is 4.57. The fraction of sp³-hybridized carbons (Fsp3) is 0.500. The lowest BCUT2D eigenvalue weighted by molar-refractivity contribution is 0.240. The lowest BCUT2D eigenvalue weighted by Gasteiger charge is -2.36. The van der Waals surface area contributed by atoms with E-state index in [1.165, 1.54) is 32.1 Å². The minimum Gasteiger partial charge on any atom is -0.200 e. The van der Waals surface area contributed by atoms with E-state index in [2.05, 4.69) is 16.0 Å². The van der Waals surface area contributed by atoms with E-state index in [9.17, 15) is 8.42 Å². The van der Waals surface area contributed by atoms with Crippen molar-refractivity contribution in [3.8, 4) is 0 Å². The number of allylic oxidation sites excluding steroid dienone is 2. The molecule has 0 aromatic heterocycles. The molecule has 1 spiro atoms. The van der Waals surface area contributed by atoms with Crippen molar-refractivity contribution < 1.29 is 8.42 Å². The van der Waals surface area contributed by atoms with Gasteiger partial charge in [0.05, 0.1) is 10.6 Å². The normalized spacial score (nSPS) is 22.4. The lowest BCUT2D eigenvalue weighted by atomic mass is 9.68. The van der Waals surface area contributed by atoms with Gasteiger partial charge >= 0.3 is 0 Å². The Bertz CT molecular complexity index is 712. The fourth-order valence-electron chi connectivity index (χ4n) is 3.47. The summed E-state index contributed by atoms with van der Waals surface area (Å²) in [5.74, 6) is 0. The zero-order valence-corrected chi connectivity index (χ0v) is 14.4. The van der Waals surface area contributed by atoms with Gasteiger partial charge in [-0.2, -0.15) is 18.4 Å². The minimum absolute atomic E-state index is 0.246. The van der Waals surface area contributed by atoms with E-state index in [-0.39, 0.29) is 4.90 Å². The second-order valence-electron chi connectivity index (χ2n) is 6.77. The smallest absolute Gasteiger partial charge is 0.200 e. The van der Waals surface area contributed by atoms with Crippen LogP contribution in [0.5, 0.6) is 0 Å². The summed E-state index contributed by atoms with van der Waals surface area (Å²) in [6.45, 7) is 1.93. The Balaban J connectivity index is 1.68. The maximum absolute atomic E-state index is 12.2. The molecule has 124 valence electrons. The summed E-state index contributed by atoms with van der Waals surface area (Å²) < 4.78 is 24.5. The first-order valence-corrected chi connectivity index (χ1v) is 9.82. The molecule has 1 saturated carbocycles. The number of hydrogen-bond acceptors (Lipinski definition) is 3. The maximum Gasteiger partial charge on any atom is 0.276 e. The van der Waals surface area contributed by atoms with Gasteiger partial charge in [0.2, 0.25) is 0 Å². The molecule has 1 aromatic rings. The van der Waals surface area contributed by atoms with Crippen LogP contribution in [0, 0.1) is 12.3 Å². The Morgan fingerprint density at radius 1 is 1.04 bits per heavy atom. The molecule has 1 N–H and O–H groups in total. The van der Waals surface area contributed by atoms with E-state index in [0.717, 1.165) is 24.1 Å². The van der Waals surface area contributed by atoms with E-state index < -0.39 is 10.0 Å². The fourth-order valence-corrected chi connectivity index (χ4v) is 4.31. The monoisotopic (exact) mass is 332 g/mol. The van der Waals surface area contributed by atoms with Gasteiger partial charge in [0, 0.05) is 0 Å². The third kappa shape index (κ3) is 3.83. The summed E-state index contributed by atoms with van der Waals surface area (Å²) in [6.07, 6.45) is 12.6. The van der Waals surface area contributed by atoms with E-state index in [1.807, 2.05) is 13.0 Å². The van der Waals surface area contributed by atoms with Crippen LogP contribution < -0.4 is 4.83 Å². The van der Waals surface area contributed by atoms with Crippen molar-refractivity contribution in [1.82, 2.24) is 4.83 Å². The Morgan fingerprint density at radius 3 is 2.35 bits per heavy atom. The molecule has 3 rings (SSSR count). The van der Waals surface area contributed by atoms with Crippen LogP contribution in [0.4, 0.5) is 0 Å². The number of sulfonamides is 1. The molecule has 0 heterocycles. The standard InChI is InChI=1S/C18H24N2O2S/c1-15-5-7-17(8-6-15)23(21,22)20-19-16-9-13-18(14-10-16)11-3-2-4-12-18/h5-9,13,20H,2-4,10-12,14H2,1H3/b19-16+. The van der Waals surface area contributed by atoms with E-state index >= 15 is 0 Å². The zero-order valence-electron chi connectivity index (χ0n) is 13.6. The number of hydrazone groups is 1. The van der Waals surface area contributed by atoms with Crippen molar-refractivity contribution in [3.63, 3.8) is 0 Å². The Morgan fingerprint density at radius 2 is 1.74 bits per heavy atom. The summed E-state index contributed by atoms with van der Waals surface area (Å²) in [5.41, 5.74) is 2.19.